The molecule has 0 spiro atoms. The largest absolute Gasteiger partial charge is 0.487 e. The van der Waals surface area contributed by atoms with Crippen LogP contribution in [0.3, 0.4) is 0 Å². The molecule has 2 aromatic carbocycles. The molecule has 3 rings (SSSR count). The number of hydrogen-bond acceptors (Lipinski definition) is 1. The molecular weight excluding hydrogens is 293 g/mol. The Labute approximate surface area is 127 Å². The Morgan fingerprint density at radius 1 is 1.00 bits per heavy atom. The van der Waals surface area contributed by atoms with Gasteiger partial charge in [0.1, 0.15) is 12.4 Å². The summed E-state index contributed by atoms with van der Waals surface area (Å²) in [6.07, 6.45) is 2.04. The predicted octanol–water partition coefficient (Wildman–Crippen LogP) is 5.06. The molecule has 102 valence electrons. The van der Waals surface area contributed by atoms with Crippen molar-refractivity contribution in [3.05, 3.63) is 64.3 Å². The predicted molar refractivity (Wildman–Crippen MR) is 83.7 cm³/mol. The van der Waals surface area contributed by atoms with Crippen molar-refractivity contribution in [2.24, 2.45) is 7.05 Å². The van der Waals surface area contributed by atoms with Crippen LogP contribution in [0.2, 0.25) is 10.0 Å². The van der Waals surface area contributed by atoms with Crippen LogP contribution in [0.1, 0.15) is 5.56 Å². The zero-order valence-electron chi connectivity index (χ0n) is 10.9. The SMILES string of the molecule is Cn1cc(COc2ccccc2Cl)c2cccc(Cl)c21. The number of para-hydroxylation sites is 2. The van der Waals surface area contributed by atoms with Gasteiger partial charge in [0.05, 0.1) is 15.6 Å². The first kappa shape index (κ1) is 13.3. The van der Waals surface area contributed by atoms with Crippen LogP contribution in [-0.2, 0) is 13.7 Å². The van der Waals surface area contributed by atoms with E-state index >= 15 is 0 Å². The maximum atomic E-state index is 6.24. The zero-order valence-corrected chi connectivity index (χ0v) is 12.4. The Kier molecular flexibility index (Phi) is 3.60. The van der Waals surface area contributed by atoms with Crippen molar-refractivity contribution in [2.45, 2.75) is 6.61 Å². The highest BCUT2D eigenvalue weighted by Gasteiger charge is 2.10. The molecule has 3 aromatic rings. The molecular formula is C16H13Cl2NO. The Morgan fingerprint density at radius 2 is 1.75 bits per heavy atom. The molecule has 0 atom stereocenters. The van der Waals surface area contributed by atoms with Crippen LogP contribution in [0.5, 0.6) is 5.75 Å². The highest BCUT2D eigenvalue weighted by Crippen LogP contribution is 2.29. The Balaban J connectivity index is 1.93. The van der Waals surface area contributed by atoms with Crippen molar-refractivity contribution in [3.63, 3.8) is 0 Å². The molecule has 0 aliphatic heterocycles. The maximum Gasteiger partial charge on any atom is 0.138 e. The molecule has 2 nitrogen and oxygen atoms in total. The fourth-order valence-corrected chi connectivity index (χ4v) is 2.83. The first-order chi connectivity index (χ1) is 9.66. The molecule has 0 unspecified atom stereocenters. The Morgan fingerprint density at radius 3 is 2.55 bits per heavy atom. The molecule has 20 heavy (non-hydrogen) atoms. The number of ether oxygens (including phenoxy) is 1. The molecule has 0 aliphatic carbocycles. The van der Waals surface area contributed by atoms with Crippen LogP contribution < -0.4 is 4.74 Å². The molecule has 0 aliphatic rings. The number of aryl methyl sites for hydroxylation is 1. The average molecular weight is 306 g/mol. The smallest absolute Gasteiger partial charge is 0.138 e. The van der Waals surface area contributed by atoms with E-state index in [0.29, 0.717) is 17.4 Å². The molecule has 0 saturated carbocycles. The van der Waals surface area contributed by atoms with E-state index in [1.54, 1.807) is 0 Å². The summed E-state index contributed by atoms with van der Waals surface area (Å²) in [6.45, 7) is 0.460. The van der Waals surface area contributed by atoms with Crippen molar-refractivity contribution in [2.75, 3.05) is 0 Å². The van der Waals surface area contributed by atoms with Gasteiger partial charge in [0.15, 0.2) is 0 Å². The normalized spacial score (nSPS) is 10.9. The van der Waals surface area contributed by atoms with Crippen molar-refractivity contribution in [3.8, 4) is 5.75 Å². The quantitative estimate of drug-likeness (QED) is 0.659. The van der Waals surface area contributed by atoms with E-state index in [1.807, 2.05) is 60.3 Å². The minimum Gasteiger partial charge on any atom is -0.487 e. The van der Waals surface area contributed by atoms with Gasteiger partial charge in [-0.25, -0.2) is 0 Å². The lowest BCUT2D eigenvalue weighted by Gasteiger charge is -2.06. The third-order valence-corrected chi connectivity index (χ3v) is 3.87. The van der Waals surface area contributed by atoms with Crippen LogP contribution in [0, 0.1) is 0 Å². The molecule has 0 fully saturated rings. The van der Waals surface area contributed by atoms with Gasteiger partial charge in [-0.1, -0.05) is 47.5 Å². The fourth-order valence-electron chi connectivity index (χ4n) is 2.33. The topological polar surface area (TPSA) is 14.2 Å². The summed E-state index contributed by atoms with van der Waals surface area (Å²) in [4.78, 5) is 0. The number of fused-ring (bicyclic) bond motifs is 1. The number of rotatable bonds is 3. The van der Waals surface area contributed by atoms with Crippen molar-refractivity contribution in [1.29, 1.82) is 0 Å². The van der Waals surface area contributed by atoms with E-state index in [4.69, 9.17) is 27.9 Å². The van der Waals surface area contributed by atoms with Gasteiger partial charge in [0.25, 0.3) is 0 Å². The van der Waals surface area contributed by atoms with Crippen LogP contribution in [0.25, 0.3) is 10.9 Å². The summed E-state index contributed by atoms with van der Waals surface area (Å²) in [5.74, 6) is 0.688. The number of halogens is 2. The summed E-state index contributed by atoms with van der Waals surface area (Å²) in [6, 6.07) is 13.4. The first-order valence-corrected chi connectivity index (χ1v) is 7.02. The van der Waals surface area contributed by atoms with Gasteiger partial charge in [0.2, 0.25) is 0 Å². The summed E-state index contributed by atoms with van der Waals surface area (Å²) in [5, 5.41) is 2.46. The molecule has 0 bridgehead atoms. The van der Waals surface area contributed by atoms with Crippen molar-refractivity contribution >= 4 is 34.1 Å². The molecule has 0 amide bonds. The fraction of sp³-hybridized carbons (Fsp3) is 0.125. The maximum absolute atomic E-state index is 6.24. The van der Waals surface area contributed by atoms with E-state index < -0.39 is 0 Å². The standard InChI is InChI=1S/C16H13Cl2NO/c1-19-9-11(12-5-4-7-14(18)16(12)19)10-20-15-8-3-2-6-13(15)17/h2-9H,10H2,1H3. The number of aromatic nitrogens is 1. The second kappa shape index (κ2) is 5.39. The van der Waals surface area contributed by atoms with Gasteiger partial charge >= 0.3 is 0 Å². The van der Waals surface area contributed by atoms with E-state index in [9.17, 15) is 0 Å². The highest BCUT2D eigenvalue weighted by atomic mass is 35.5. The van der Waals surface area contributed by atoms with Crippen molar-refractivity contribution in [1.82, 2.24) is 4.57 Å². The molecule has 1 heterocycles. The summed E-state index contributed by atoms with van der Waals surface area (Å²) >= 11 is 12.3. The van der Waals surface area contributed by atoms with Gasteiger partial charge in [-0.2, -0.15) is 0 Å². The van der Waals surface area contributed by atoms with Gasteiger partial charge in [-0.3, -0.25) is 0 Å². The monoisotopic (exact) mass is 305 g/mol. The Bertz CT molecular complexity index is 764. The lowest BCUT2D eigenvalue weighted by molar-refractivity contribution is 0.307. The van der Waals surface area contributed by atoms with Crippen molar-refractivity contribution < 1.29 is 4.74 Å². The number of nitrogens with zero attached hydrogens (tertiary/aromatic N) is 1. The molecule has 0 radical (unpaired) electrons. The second-order valence-electron chi connectivity index (χ2n) is 4.62. The van der Waals surface area contributed by atoms with Crippen LogP contribution >= 0.6 is 23.2 Å². The molecule has 1 aromatic heterocycles. The minimum absolute atomic E-state index is 0.460. The third-order valence-electron chi connectivity index (χ3n) is 3.25. The van der Waals surface area contributed by atoms with Crippen LogP contribution in [0.15, 0.2) is 48.7 Å². The lowest BCUT2D eigenvalue weighted by Crippen LogP contribution is -1.95. The second-order valence-corrected chi connectivity index (χ2v) is 5.43. The van der Waals surface area contributed by atoms with Gasteiger partial charge in [0, 0.05) is 24.2 Å². The van der Waals surface area contributed by atoms with Gasteiger partial charge in [-0.05, 0) is 18.2 Å². The van der Waals surface area contributed by atoms with E-state index in [1.165, 1.54) is 0 Å². The number of hydrogen-bond donors (Lipinski definition) is 0. The van der Waals surface area contributed by atoms with E-state index in [2.05, 4.69) is 0 Å². The zero-order chi connectivity index (χ0) is 14.1. The molecule has 0 N–H and O–H groups in total. The molecule has 0 saturated heterocycles. The van der Waals surface area contributed by atoms with Crippen LogP contribution in [-0.4, -0.2) is 4.57 Å². The Hall–Kier alpha value is -1.64. The number of benzene rings is 2. The minimum atomic E-state index is 0.460. The van der Waals surface area contributed by atoms with Crippen LogP contribution in [0.4, 0.5) is 0 Å². The van der Waals surface area contributed by atoms with E-state index in [-0.39, 0.29) is 0 Å². The highest BCUT2D eigenvalue weighted by molar-refractivity contribution is 6.35. The summed E-state index contributed by atoms with van der Waals surface area (Å²) < 4.78 is 7.81. The molecule has 4 heteroatoms. The lowest BCUT2D eigenvalue weighted by atomic mass is 10.2. The van der Waals surface area contributed by atoms with Gasteiger partial charge in [-0.15, -0.1) is 0 Å². The van der Waals surface area contributed by atoms with Gasteiger partial charge < -0.3 is 9.30 Å². The first-order valence-electron chi connectivity index (χ1n) is 6.26. The van der Waals surface area contributed by atoms with E-state index in [0.717, 1.165) is 21.5 Å². The third kappa shape index (κ3) is 2.37. The summed E-state index contributed by atoms with van der Waals surface area (Å²) in [5.41, 5.74) is 2.11. The average Bonchev–Trinajstić information content (AvgIpc) is 2.76. The summed E-state index contributed by atoms with van der Waals surface area (Å²) in [7, 11) is 1.98.